The average Bonchev–Trinajstić information content (AvgIpc) is 2.36. The van der Waals surface area contributed by atoms with Crippen LogP contribution in [0, 0.1) is 0 Å². The molecule has 3 heteroatoms. The molecule has 2 rings (SSSR count). The van der Waals surface area contributed by atoms with Crippen molar-refractivity contribution in [1.29, 1.82) is 0 Å². The van der Waals surface area contributed by atoms with E-state index in [-0.39, 0.29) is 11.9 Å². The lowest BCUT2D eigenvalue weighted by Gasteiger charge is -2.25. The normalized spacial score (nSPS) is 27.4. The van der Waals surface area contributed by atoms with Crippen LogP contribution < -0.4 is 0 Å². The van der Waals surface area contributed by atoms with Gasteiger partial charge in [0, 0.05) is 13.5 Å². The molecule has 0 amide bonds. The van der Waals surface area contributed by atoms with E-state index in [0.29, 0.717) is 12.8 Å². The summed E-state index contributed by atoms with van der Waals surface area (Å²) in [6, 6.07) is 9.80. The van der Waals surface area contributed by atoms with Crippen LogP contribution >= 0.6 is 11.6 Å². The molecule has 17 heavy (non-hydrogen) atoms. The van der Waals surface area contributed by atoms with Crippen LogP contribution in [0.5, 0.6) is 0 Å². The van der Waals surface area contributed by atoms with Crippen LogP contribution in [0.3, 0.4) is 0 Å². The Morgan fingerprint density at radius 2 is 2.06 bits per heavy atom. The van der Waals surface area contributed by atoms with Crippen molar-refractivity contribution >= 4 is 23.5 Å². The van der Waals surface area contributed by atoms with E-state index in [1.54, 1.807) is 7.11 Å². The lowest BCUT2D eigenvalue weighted by Crippen LogP contribution is -2.31. The molecule has 2 unspecified atom stereocenters. The van der Waals surface area contributed by atoms with Gasteiger partial charge in [-0.15, -0.1) is 11.6 Å². The van der Waals surface area contributed by atoms with Gasteiger partial charge < -0.3 is 4.74 Å². The molecule has 1 aromatic rings. The van der Waals surface area contributed by atoms with Gasteiger partial charge in [0.25, 0.3) is 0 Å². The quantitative estimate of drug-likeness (QED) is 0.596. The number of hydrogen-bond donors (Lipinski definition) is 0. The molecule has 0 saturated heterocycles. The van der Waals surface area contributed by atoms with E-state index < -0.39 is 5.38 Å². The first kappa shape index (κ1) is 12.3. The molecule has 1 aliphatic rings. The van der Waals surface area contributed by atoms with Crippen LogP contribution in [0.1, 0.15) is 18.4 Å². The van der Waals surface area contributed by atoms with Crippen LogP contribution in [-0.4, -0.2) is 24.4 Å². The molecular weight excluding hydrogens is 236 g/mol. The highest BCUT2D eigenvalue weighted by atomic mass is 35.5. The summed E-state index contributed by atoms with van der Waals surface area (Å²) in [4.78, 5) is 11.9. The number of hydrogen-bond acceptors (Lipinski definition) is 2. The van der Waals surface area contributed by atoms with Gasteiger partial charge in [-0.1, -0.05) is 30.3 Å². The fraction of sp³-hybridized carbons (Fsp3) is 0.357. The number of rotatable bonds is 2. The first-order valence-corrected chi connectivity index (χ1v) is 6.11. The van der Waals surface area contributed by atoms with E-state index in [9.17, 15) is 4.79 Å². The molecule has 0 aliphatic heterocycles. The number of ketones is 1. The smallest absolute Gasteiger partial charge is 0.176 e. The van der Waals surface area contributed by atoms with Crippen LogP contribution in [0.4, 0.5) is 0 Å². The number of carbonyl (C=O) groups excluding carboxylic acids is 1. The highest BCUT2D eigenvalue weighted by Crippen LogP contribution is 2.27. The Labute approximate surface area is 106 Å². The van der Waals surface area contributed by atoms with E-state index in [1.165, 1.54) is 0 Å². The maximum atomic E-state index is 11.9. The van der Waals surface area contributed by atoms with Crippen molar-refractivity contribution < 1.29 is 9.53 Å². The van der Waals surface area contributed by atoms with Gasteiger partial charge in [0.15, 0.2) is 5.78 Å². The maximum Gasteiger partial charge on any atom is 0.176 e. The molecule has 2 nitrogen and oxygen atoms in total. The van der Waals surface area contributed by atoms with Crippen molar-refractivity contribution in [1.82, 2.24) is 0 Å². The van der Waals surface area contributed by atoms with E-state index >= 15 is 0 Å². The van der Waals surface area contributed by atoms with Crippen LogP contribution in [0.25, 0.3) is 6.08 Å². The Kier molecular flexibility index (Phi) is 3.97. The molecule has 0 N–H and O–H groups in total. The lowest BCUT2D eigenvalue weighted by molar-refractivity contribution is -0.117. The Balaban J connectivity index is 2.24. The number of alkyl halides is 1. The summed E-state index contributed by atoms with van der Waals surface area (Å²) in [6.07, 6.45) is 3.20. The minimum atomic E-state index is -0.455. The van der Waals surface area contributed by atoms with Crippen LogP contribution in [-0.2, 0) is 9.53 Å². The van der Waals surface area contributed by atoms with Gasteiger partial charge >= 0.3 is 0 Å². The maximum absolute atomic E-state index is 11.9. The Hall–Kier alpha value is -1.12. The van der Waals surface area contributed by atoms with Gasteiger partial charge in [-0.3, -0.25) is 4.79 Å². The van der Waals surface area contributed by atoms with Crippen molar-refractivity contribution in [3.8, 4) is 0 Å². The summed E-state index contributed by atoms with van der Waals surface area (Å²) in [5, 5.41) is -0.455. The van der Waals surface area contributed by atoms with E-state index in [1.807, 2.05) is 36.4 Å². The Morgan fingerprint density at radius 1 is 1.35 bits per heavy atom. The topological polar surface area (TPSA) is 26.3 Å². The van der Waals surface area contributed by atoms with Crippen molar-refractivity contribution in [2.75, 3.05) is 7.11 Å². The van der Waals surface area contributed by atoms with E-state index in [0.717, 1.165) is 11.1 Å². The number of carbonyl (C=O) groups is 1. The zero-order valence-electron chi connectivity index (χ0n) is 9.73. The third kappa shape index (κ3) is 2.96. The lowest BCUT2D eigenvalue weighted by atomic mass is 9.89. The summed E-state index contributed by atoms with van der Waals surface area (Å²) in [7, 11) is 1.66. The molecule has 1 fully saturated rings. The zero-order valence-corrected chi connectivity index (χ0v) is 10.5. The van der Waals surface area contributed by atoms with Crippen molar-refractivity contribution in [2.45, 2.75) is 24.3 Å². The Bertz CT molecular complexity index is 425. The average molecular weight is 251 g/mol. The highest BCUT2D eigenvalue weighted by Gasteiger charge is 2.30. The van der Waals surface area contributed by atoms with Crippen LogP contribution in [0.15, 0.2) is 35.9 Å². The fourth-order valence-corrected chi connectivity index (χ4v) is 2.37. The van der Waals surface area contributed by atoms with Crippen LogP contribution in [0.2, 0.25) is 0 Å². The molecule has 90 valence electrons. The standard InChI is InChI=1S/C14H15ClO2/c1-17-12-8-11(14(16)13(15)9-12)7-10-5-3-2-4-6-10/h2-7,12-13H,8-9H2,1H3. The van der Waals surface area contributed by atoms with Gasteiger partial charge in [-0.2, -0.15) is 0 Å². The van der Waals surface area contributed by atoms with Gasteiger partial charge in [0.2, 0.25) is 0 Å². The van der Waals surface area contributed by atoms with Crippen molar-refractivity contribution in [2.24, 2.45) is 0 Å². The first-order valence-electron chi connectivity index (χ1n) is 5.67. The molecule has 0 bridgehead atoms. The SMILES string of the molecule is COC1CC(=Cc2ccccc2)C(=O)C(Cl)C1. The zero-order chi connectivity index (χ0) is 12.3. The van der Waals surface area contributed by atoms with Crippen molar-refractivity contribution in [3.63, 3.8) is 0 Å². The highest BCUT2D eigenvalue weighted by molar-refractivity contribution is 6.34. The second kappa shape index (κ2) is 5.48. The molecule has 0 radical (unpaired) electrons. The molecule has 2 atom stereocenters. The second-order valence-electron chi connectivity index (χ2n) is 4.21. The summed E-state index contributed by atoms with van der Waals surface area (Å²) in [5.41, 5.74) is 1.78. The summed E-state index contributed by atoms with van der Waals surface area (Å²) in [5.74, 6) is 0.0313. The minimum absolute atomic E-state index is 0.0313. The number of benzene rings is 1. The fourth-order valence-electron chi connectivity index (χ4n) is 2.03. The third-order valence-corrected chi connectivity index (χ3v) is 3.37. The van der Waals surface area contributed by atoms with Gasteiger partial charge in [-0.25, -0.2) is 0 Å². The predicted molar refractivity (Wildman–Crippen MR) is 69.1 cm³/mol. The molecule has 1 saturated carbocycles. The largest absolute Gasteiger partial charge is 0.381 e. The summed E-state index contributed by atoms with van der Waals surface area (Å²) < 4.78 is 5.30. The molecule has 1 aromatic carbocycles. The summed E-state index contributed by atoms with van der Waals surface area (Å²) in [6.45, 7) is 0. The number of ether oxygens (including phenoxy) is 1. The second-order valence-corrected chi connectivity index (χ2v) is 4.74. The third-order valence-electron chi connectivity index (χ3n) is 2.99. The van der Waals surface area contributed by atoms with Gasteiger partial charge in [0.05, 0.1) is 11.5 Å². The van der Waals surface area contributed by atoms with Crippen molar-refractivity contribution in [3.05, 3.63) is 41.5 Å². The summed E-state index contributed by atoms with van der Waals surface area (Å²) >= 11 is 6.03. The number of methoxy groups -OCH3 is 1. The molecule has 0 spiro atoms. The molecular formula is C14H15ClO2. The van der Waals surface area contributed by atoms with Gasteiger partial charge in [-0.05, 0) is 23.6 Å². The van der Waals surface area contributed by atoms with E-state index in [4.69, 9.17) is 16.3 Å². The minimum Gasteiger partial charge on any atom is -0.381 e. The molecule has 1 aliphatic carbocycles. The Morgan fingerprint density at radius 3 is 2.71 bits per heavy atom. The van der Waals surface area contributed by atoms with E-state index in [2.05, 4.69) is 0 Å². The number of halogens is 1. The van der Waals surface area contributed by atoms with Gasteiger partial charge in [0.1, 0.15) is 0 Å². The first-order chi connectivity index (χ1) is 8.20. The monoisotopic (exact) mass is 250 g/mol. The molecule has 0 heterocycles. The number of Topliss-reactive ketones (excluding diaryl/α,β-unsaturated/α-hetero) is 1. The molecule has 0 aromatic heterocycles. The predicted octanol–water partition coefficient (Wildman–Crippen LogP) is 3.06.